The van der Waals surface area contributed by atoms with Crippen LogP contribution in [0.2, 0.25) is 0 Å². The third kappa shape index (κ3) is 5.03. The SMILES string of the molecule is CC.CCCNC.N#CC1(c2ccc(Br)cc2)CC2(C1)OCCO2. The van der Waals surface area contributed by atoms with Gasteiger partial charge in [-0.15, -0.1) is 0 Å². The molecule has 3 rings (SSSR count). The van der Waals surface area contributed by atoms with Gasteiger partial charge in [0.1, 0.15) is 0 Å². The number of halogens is 1. The van der Waals surface area contributed by atoms with E-state index in [4.69, 9.17) is 9.47 Å². The summed E-state index contributed by atoms with van der Waals surface area (Å²) in [6, 6.07) is 10.4. The lowest BCUT2D eigenvalue weighted by atomic mass is 9.61. The van der Waals surface area contributed by atoms with E-state index in [-0.39, 0.29) is 0 Å². The molecule has 24 heavy (non-hydrogen) atoms. The summed E-state index contributed by atoms with van der Waals surface area (Å²) < 4.78 is 12.2. The van der Waals surface area contributed by atoms with Crippen molar-refractivity contribution in [2.75, 3.05) is 26.8 Å². The summed E-state index contributed by atoms with van der Waals surface area (Å²) in [5, 5.41) is 12.4. The molecule has 0 bridgehead atoms. The largest absolute Gasteiger partial charge is 0.347 e. The molecule has 134 valence electrons. The Morgan fingerprint density at radius 2 is 1.71 bits per heavy atom. The van der Waals surface area contributed by atoms with Gasteiger partial charge >= 0.3 is 0 Å². The first-order valence-electron chi connectivity index (χ1n) is 8.69. The van der Waals surface area contributed by atoms with Crippen LogP contribution < -0.4 is 5.32 Å². The second kappa shape index (κ2) is 10.1. The van der Waals surface area contributed by atoms with Gasteiger partial charge in [-0.3, -0.25) is 0 Å². The van der Waals surface area contributed by atoms with E-state index in [0.29, 0.717) is 26.1 Å². The number of benzene rings is 1. The zero-order valence-electron chi connectivity index (χ0n) is 15.2. The molecule has 0 aromatic heterocycles. The minimum Gasteiger partial charge on any atom is -0.347 e. The van der Waals surface area contributed by atoms with Crippen molar-refractivity contribution in [3.63, 3.8) is 0 Å². The van der Waals surface area contributed by atoms with Crippen molar-refractivity contribution >= 4 is 15.9 Å². The van der Waals surface area contributed by atoms with Crippen LogP contribution in [-0.4, -0.2) is 32.6 Å². The van der Waals surface area contributed by atoms with Gasteiger partial charge in [-0.1, -0.05) is 48.8 Å². The van der Waals surface area contributed by atoms with E-state index >= 15 is 0 Å². The van der Waals surface area contributed by atoms with Crippen LogP contribution in [0.15, 0.2) is 28.7 Å². The monoisotopic (exact) mass is 396 g/mol. The maximum absolute atomic E-state index is 9.43. The van der Waals surface area contributed by atoms with Crippen LogP contribution in [0, 0.1) is 11.3 Å². The number of nitriles is 1. The second-order valence-electron chi connectivity index (χ2n) is 5.77. The Morgan fingerprint density at radius 3 is 2.08 bits per heavy atom. The Labute approximate surface area is 154 Å². The van der Waals surface area contributed by atoms with Crippen LogP contribution in [-0.2, 0) is 14.9 Å². The van der Waals surface area contributed by atoms with Crippen molar-refractivity contribution in [2.45, 2.75) is 51.2 Å². The van der Waals surface area contributed by atoms with Gasteiger partial charge < -0.3 is 14.8 Å². The van der Waals surface area contributed by atoms with Gasteiger partial charge in [0, 0.05) is 17.3 Å². The quantitative estimate of drug-likeness (QED) is 0.822. The molecular weight excluding hydrogens is 368 g/mol. The third-order valence-corrected chi connectivity index (χ3v) is 4.60. The molecule has 0 unspecified atom stereocenters. The first kappa shape index (κ1) is 21.1. The highest BCUT2D eigenvalue weighted by atomic mass is 79.9. The number of hydrogen-bond acceptors (Lipinski definition) is 4. The fourth-order valence-electron chi connectivity index (χ4n) is 2.94. The molecule has 0 atom stereocenters. The molecule has 1 aromatic carbocycles. The van der Waals surface area contributed by atoms with Crippen molar-refractivity contribution in [1.82, 2.24) is 5.32 Å². The fourth-order valence-corrected chi connectivity index (χ4v) is 3.20. The number of hydrogen-bond donors (Lipinski definition) is 1. The summed E-state index contributed by atoms with van der Waals surface area (Å²) in [5.41, 5.74) is 0.610. The summed E-state index contributed by atoms with van der Waals surface area (Å²) in [6.07, 6.45) is 2.51. The highest BCUT2D eigenvalue weighted by molar-refractivity contribution is 9.10. The Morgan fingerprint density at radius 1 is 1.17 bits per heavy atom. The molecule has 1 saturated heterocycles. The smallest absolute Gasteiger partial charge is 0.172 e. The number of ether oxygens (including phenoxy) is 2. The van der Waals surface area contributed by atoms with E-state index in [1.165, 1.54) is 6.42 Å². The predicted molar refractivity (Wildman–Crippen MR) is 101 cm³/mol. The van der Waals surface area contributed by atoms with E-state index in [1.807, 2.05) is 45.2 Å². The average molecular weight is 397 g/mol. The summed E-state index contributed by atoms with van der Waals surface area (Å²) in [4.78, 5) is 0. The lowest BCUT2D eigenvalue weighted by Crippen LogP contribution is -2.54. The molecule has 5 heteroatoms. The molecule has 4 nitrogen and oxygen atoms in total. The molecule has 1 aromatic rings. The number of nitrogens with one attached hydrogen (secondary N) is 1. The summed E-state index contributed by atoms with van der Waals surface area (Å²) >= 11 is 3.40. The van der Waals surface area contributed by atoms with Gasteiger partial charge in [-0.25, -0.2) is 0 Å². The van der Waals surface area contributed by atoms with Crippen LogP contribution >= 0.6 is 15.9 Å². The van der Waals surface area contributed by atoms with Crippen LogP contribution in [0.1, 0.15) is 45.6 Å². The Kier molecular flexibility index (Phi) is 8.93. The predicted octanol–water partition coefficient (Wildman–Crippen LogP) is 4.39. The van der Waals surface area contributed by atoms with Gasteiger partial charge in [0.05, 0.1) is 24.7 Å². The molecule has 0 amide bonds. The van der Waals surface area contributed by atoms with E-state index in [2.05, 4.69) is 34.2 Å². The van der Waals surface area contributed by atoms with Crippen LogP contribution in [0.3, 0.4) is 0 Å². The standard InChI is InChI=1S/C13H12BrNO2.C4H11N.C2H6/c14-11-3-1-10(2-4-11)12(9-15)7-13(8-12)16-5-6-17-13;1-3-4-5-2;1-2/h1-4H,5-8H2;5H,3-4H2,1-2H3;1-2H3. The molecule has 2 aliphatic rings. The molecule has 1 spiro atoms. The molecule has 1 heterocycles. The van der Waals surface area contributed by atoms with E-state index in [1.54, 1.807) is 0 Å². The van der Waals surface area contributed by atoms with Crippen LogP contribution in [0.4, 0.5) is 0 Å². The van der Waals surface area contributed by atoms with E-state index in [0.717, 1.165) is 16.6 Å². The Balaban J connectivity index is 0.000000356. The molecule has 1 aliphatic heterocycles. The summed E-state index contributed by atoms with van der Waals surface area (Å²) in [6.45, 7) is 8.57. The van der Waals surface area contributed by atoms with Crippen molar-refractivity contribution in [1.29, 1.82) is 5.26 Å². The van der Waals surface area contributed by atoms with Gasteiger partial charge in [0.2, 0.25) is 0 Å². The molecule has 0 radical (unpaired) electrons. The maximum atomic E-state index is 9.43. The lowest BCUT2D eigenvalue weighted by Gasteiger charge is -2.48. The first-order valence-corrected chi connectivity index (χ1v) is 9.49. The average Bonchev–Trinajstić information content (AvgIpc) is 3.06. The van der Waals surface area contributed by atoms with Gasteiger partial charge in [-0.05, 0) is 37.7 Å². The van der Waals surface area contributed by atoms with E-state index in [9.17, 15) is 5.26 Å². The lowest BCUT2D eigenvalue weighted by molar-refractivity contribution is -0.229. The van der Waals surface area contributed by atoms with Crippen molar-refractivity contribution in [2.24, 2.45) is 0 Å². The van der Waals surface area contributed by atoms with Crippen molar-refractivity contribution < 1.29 is 9.47 Å². The van der Waals surface area contributed by atoms with Crippen molar-refractivity contribution in [3.8, 4) is 6.07 Å². The highest BCUT2D eigenvalue weighted by Crippen LogP contribution is 2.53. The zero-order valence-corrected chi connectivity index (χ0v) is 16.8. The van der Waals surface area contributed by atoms with Crippen LogP contribution in [0.5, 0.6) is 0 Å². The van der Waals surface area contributed by atoms with Gasteiger partial charge in [0.15, 0.2) is 5.79 Å². The molecular formula is C19H29BrN2O2. The van der Waals surface area contributed by atoms with Gasteiger partial charge in [0.25, 0.3) is 0 Å². The van der Waals surface area contributed by atoms with Crippen molar-refractivity contribution in [3.05, 3.63) is 34.3 Å². The molecule has 2 fully saturated rings. The number of nitrogens with zero attached hydrogens (tertiary/aromatic N) is 1. The Bertz CT molecular complexity index is 509. The van der Waals surface area contributed by atoms with Gasteiger partial charge in [-0.2, -0.15) is 5.26 Å². The second-order valence-corrected chi connectivity index (χ2v) is 6.68. The zero-order chi connectivity index (χ0) is 18.1. The maximum Gasteiger partial charge on any atom is 0.172 e. The van der Waals surface area contributed by atoms with Crippen LogP contribution in [0.25, 0.3) is 0 Å². The number of rotatable bonds is 3. The minimum absolute atomic E-state index is 0.439. The molecule has 1 aliphatic carbocycles. The molecule has 1 N–H and O–H groups in total. The third-order valence-electron chi connectivity index (χ3n) is 4.07. The highest BCUT2D eigenvalue weighted by Gasteiger charge is 2.59. The normalized spacial score (nSPS) is 19.2. The fraction of sp³-hybridized carbons (Fsp3) is 0.632. The topological polar surface area (TPSA) is 54.3 Å². The summed E-state index contributed by atoms with van der Waals surface area (Å²) in [5.74, 6) is -0.483. The minimum atomic E-state index is -0.483. The summed E-state index contributed by atoms with van der Waals surface area (Å²) in [7, 11) is 1.96. The first-order chi connectivity index (χ1) is 11.6. The Hall–Kier alpha value is -0.930. The van der Waals surface area contributed by atoms with E-state index < -0.39 is 11.2 Å². The molecule has 1 saturated carbocycles.